The summed E-state index contributed by atoms with van der Waals surface area (Å²) >= 11 is 0. The highest BCUT2D eigenvalue weighted by Gasteiger charge is 2.26. The molecule has 1 aromatic carbocycles. The first-order valence-corrected chi connectivity index (χ1v) is 10.1. The molecule has 3 heterocycles. The number of Topliss-reactive ketones (excluding diaryl/α,β-unsaturated/α-hetero) is 1. The molecule has 0 aliphatic carbocycles. The van der Waals surface area contributed by atoms with Crippen LogP contribution < -0.4 is 15.8 Å². The number of H-pyrrole nitrogens is 1. The molecule has 2 amide bonds. The van der Waals surface area contributed by atoms with Gasteiger partial charge in [-0.25, -0.2) is 9.78 Å². The second kappa shape index (κ2) is 8.06. The number of amides is 2. The quantitative estimate of drug-likeness (QED) is 0.779. The van der Waals surface area contributed by atoms with Crippen LogP contribution in [0.4, 0.5) is 16.4 Å². The number of ketones is 1. The van der Waals surface area contributed by atoms with Gasteiger partial charge in [0.05, 0.1) is 17.8 Å². The Kier molecular flexibility index (Phi) is 5.33. The number of aromatic amines is 1. The number of aromatic nitrogens is 2. The maximum atomic E-state index is 12.7. The Labute approximate surface area is 168 Å². The highest BCUT2D eigenvalue weighted by atomic mass is 16.2. The fourth-order valence-electron chi connectivity index (χ4n) is 3.86. The van der Waals surface area contributed by atoms with Gasteiger partial charge in [-0.3, -0.25) is 14.6 Å². The van der Waals surface area contributed by atoms with Crippen LogP contribution in [0, 0.1) is 0 Å². The molecule has 1 aromatic heterocycles. The van der Waals surface area contributed by atoms with Crippen LogP contribution in [0.5, 0.6) is 0 Å². The van der Waals surface area contributed by atoms with Crippen molar-refractivity contribution in [1.29, 1.82) is 0 Å². The summed E-state index contributed by atoms with van der Waals surface area (Å²) in [5.74, 6) is 0.586. The second-order valence-electron chi connectivity index (χ2n) is 7.60. The number of carbonyl (C=O) groups is 2. The Hall–Kier alpha value is -3.16. The number of urea groups is 1. The molecule has 1 fully saturated rings. The maximum absolute atomic E-state index is 12.7. The van der Waals surface area contributed by atoms with Gasteiger partial charge in [-0.2, -0.15) is 0 Å². The molecule has 8 heteroatoms. The fraction of sp³-hybridized carbons (Fsp3) is 0.429. The smallest absolute Gasteiger partial charge is 0.322 e. The number of fused-ring (bicyclic) bond motifs is 1. The first kappa shape index (κ1) is 19.2. The lowest BCUT2D eigenvalue weighted by molar-refractivity contribution is 0.101. The third kappa shape index (κ3) is 4.16. The number of carbonyl (C=O) groups excluding carboxylic acids is 2. The Morgan fingerprint density at radius 2 is 1.93 bits per heavy atom. The van der Waals surface area contributed by atoms with E-state index in [0.29, 0.717) is 35.7 Å². The number of hydrogen-bond donors (Lipinski definition) is 2. The minimum absolute atomic E-state index is 0.0601. The molecule has 2 N–H and O–H groups in total. The summed E-state index contributed by atoms with van der Waals surface area (Å²) in [6, 6.07) is 6.53. The molecule has 0 saturated carbocycles. The van der Waals surface area contributed by atoms with Crippen molar-refractivity contribution in [2.75, 3.05) is 29.9 Å². The molecule has 0 atom stereocenters. The van der Waals surface area contributed by atoms with Crippen LogP contribution in [0.2, 0.25) is 0 Å². The topological polar surface area (TPSA) is 98.4 Å². The maximum Gasteiger partial charge on any atom is 0.322 e. The minimum Gasteiger partial charge on any atom is -0.342 e. The average molecular weight is 395 g/mol. The lowest BCUT2D eigenvalue weighted by Crippen LogP contribution is -2.42. The predicted octanol–water partition coefficient (Wildman–Crippen LogP) is 2.55. The van der Waals surface area contributed by atoms with Gasteiger partial charge in [0.15, 0.2) is 5.78 Å². The van der Waals surface area contributed by atoms with E-state index in [1.54, 1.807) is 29.2 Å². The molecule has 0 radical (unpaired) electrons. The molecule has 2 aromatic rings. The van der Waals surface area contributed by atoms with E-state index in [4.69, 9.17) is 0 Å². The van der Waals surface area contributed by atoms with Crippen molar-refractivity contribution in [3.05, 3.63) is 51.4 Å². The lowest BCUT2D eigenvalue weighted by Gasteiger charge is -2.30. The van der Waals surface area contributed by atoms with Crippen molar-refractivity contribution < 1.29 is 9.59 Å². The van der Waals surface area contributed by atoms with Crippen molar-refractivity contribution in [2.24, 2.45) is 0 Å². The van der Waals surface area contributed by atoms with Gasteiger partial charge in [0.1, 0.15) is 0 Å². The monoisotopic (exact) mass is 395 g/mol. The van der Waals surface area contributed by atoms with Crippen molar-refractivity contribution in [3.8, 4) is 0 Å². The zero-order chi connectivity index (χ0) is 20.4. The van der Waals surface area contributed by atoms with E-state index >= 15 is 0 Å². The number of anilines is 2. The number of benzene rings is 1. The molecule has 0 bridgehead atoms. The first-order chi connectivity index (χ1) is 14.0. The second-order valence-corrected chi connectivity index (χ2v) is 7.60. The molecule has 8 nitrogen and oxygen atoms in total. The zero-order valence-corrected chi connectivity index (χ0v) is 16.5. The summed E-state index contributed by atoms with van der Waals surface area (Å²) in [4.78, 5) is 48.2. The lowest BCUT2D eigenvalue weighted by atomic mass is 10.1. The molecule has 4 rings (SSSR count). The molecule has 152 valence electrons. The highest BCUT2D eigenvalue weighted by Crippen LogP contribution is 2.20. The minimum atomic E-state index is -0.296. The molecular weight excluding hydrogens is 370 g/mol. The summed E-state index contributed by atoms with van der Waals surface area (Å²) < 4.78 is 0. The summed E-state index contributed by atoms with van der Waals surface area (Å²) in [6.45, 7) is 4.02. The van der Waals surface area contributed by atoms with Crippen LogP contribution in [-0.2, 0) is 13.0 Å². The van der Waals surface area contributed by atoms with Gasteiger partial charge in [-0.05, 0) is 38.3 Å². The number of piperidine rings is 1. The largest absolute Gasteiger partial charge is 0.342 e. The number of rotatable bonds is 3. The fourth-order valence-corrected chi connectivity index (χ4v) is 3.86. The van der Waals surface area contributed by atoms with Crippen LogP contribution in [-0.4, -0.2) is 46.3 Å². The molecule has 2 aliphatic heterocycles. The molecule has 2 aliphatic rings. The van der Waals surface area contributed by atoms with Gasteiger partial charge in [0.25, 0.3) is 5.56 Å². The standard InChI is InChI=1S/C21H25N5O3/c1-14(27)15-6-5-7-16(12-15)22-21(29)26-11-8-18-17(13-26)19(28)24-20(23-18)25-9-3-2-4-10-25/h5-7,12H,2-4,8-11,13H2,1H3,(H,22,29)(H,23,24,28). The van der Waals surface area contributed by atoms with E-state index in [0.717, 1.165) is 31.6 Å². The van der Waals surface area contributed by atoms with Gasteiger partial charge in [0.2, 0.25) is 5.95 Å². The molecule has 0 unspecified atom stereocenters. The summed E-state index contributed by atoms with van der Waals surface area (Å²) in [6.07, 6.45) is 3.98. The van der Waals surface area contributed by atoms with E-state index in [1.165, 1.54) is 13.3 Å². The van der Waals surface area contributed by atoms with Crippen LogP contribution in [0.15, 0.2) is 29.1 Å². The molecular formula is C21H25N5O3. The van der Waals surface area contributed by atoms with Gasteiger partial charge < -0.3 is 15.1 Å². The van der Waals surface area contributed by atoms with Crippen LogP contribution >= 0.6 is 0 Å². The summed E-state index contributed by atoms with van der Waals surface area (Å²) in [7, 11) is 0. The Balaban J connectivity index is 1.48. The van der Waals surface area contributed by atoms with Crippen molar-refractivity contribution in [2.45, 2.75) is 39.2 Å². The van der Waals surface area contributed by atoms with Crippen molar-refractivity contribution in [1.82, 2.24) is 14.9 Å². The van der Waals surface area contributed by atoms with Gasteiger partial charge in [0, 0.05) is 37.3 Å². The van der Waals surface area contributed by atoms with E-state index in [2.05, 4.69) is 20.2 Å². The van der Waals surface area contributed by atoms with Crippen molar-refractivity contribution in [3.63, 3.8) is 0 Å². The Morgan fingerprint density at radius 3 is 2.69 bits per heavy atom. The third-order valence-corrected chi connectivity index (χ3v) is 5.52. The van der Waals surface area contributed by atoms with Gasteiger partial charge >= 0.3 is 6.03 Å². The predicted molar refractivity (Wildman–Crippen MR) is 111 cm³/mol. The molecule has 0 spiro atoms. The molecule has 1 saturated heterocycles. The summed E-state index contributed by atoms with van der Waals surface area (Å²) in [5, 5.41) is 2.81. The van der Waals surface area contributed by atoms with Crippen LogP contribution in [0.1, 0.15) is 47.8 Å². The third-order valence-electron chi connectivity index (χ3n) is 5.52. The van der Waals surface area contributed by atoms with E-state index in [-0.39, 0.29) is 23.9 Å². The highest BCUT2D eigenvalue weighted by molar-refractivity contribution is 5.96. The Morgan fingerprint density at radius 1 is 1.14 bits per heavy atom. The van der Waals surface area contributed by atoms with E-state index in [9.17, 15) is 14.4 Å². The van der Waals surface area contributed by atoms with Crippen molar-refractivity contribution >= 4 is 23.5 Å². The van der Waals surface area contributed by atoms with Gasteiger partial charge in [-0.1, -0.05) is 12.1 Å². The Bertz CT molecular complexity index is 994. The van der Waals surface area contributed by atoms with Gasteiger partial charge in [-0.15, -0.1) is 0 Å². The zero-order valence-electron chi connectivity index (χ0n) is 16.5. The number of nitrogens with one attached hydrogen (secondary N) is 2. The van der Waals surface area contributed by atoms with Crippen LogP contribution in [0.25, 0.3) is 0 Å². The first-order valence-electron chi connectivity index (χ1n) is 10.1. The number of nitrogens with zero attached hydrogens (tertiary/aromatic N) is 3. The van der Waals surface area contributed by atoms with Crippen LogP contribution in [0.3, 0.4) is 0 Å². The van der Waals surface area contributed by atoms with E-state index in [1.807, 2.05) is 0 Å². The molecule has 29 heavy (non-hydrogen) atoms. The normalized spacial score (nSPS) is 16.3. The SMILES string of the molecule is CC(=O)c1cccc(NC(=O)N2CCc3nc(N4CCCCC4)[nH]c(=O)c3C2)c1. The number of hydrogen-bond acceptors (Lipinski definition) is 5. The average Bonchev–Trinajstić information content (AvgIpc) is 2.74. The van der Waals surface area contributed by atoms with E-state index < -0.39 is 0 Å². The summed E-state index contributed by atoms with van der Waals surface area (Å²) in [5.41, 5.74) is 2.24.